The number of carbonyl (C=O) groups excluding carboxylic acids is 6. The first-order valence-corrected chi connectivity index (χ1v) is 25.6. The number of amides is 5. The van der Waals surface area contributed by atoms with Crippen LogP contribution in [0.1, 0.15) is 162 Å². The van der Waals surface area contributed by atoms with Gasteiger partial charge in [-0.3, -0.25) is 24.0 Å². The van der Waals surface area contributed by atoms with Crippen molar-refractivity contribution in [3.8, 4) is 0 Å². The Balaban J connectivity index is 1.02. The fourth-order valence-corrected chi connectivity index (χ4v) is 12.0. The summed E-state index contributed by atoms with van der Waals surface area (Å²) in [7, 11) is 0. The molecule has 12 atom stereocenters. The molecule has 1 aromatic carbocycles. The Morgan fingerprint density at radius 2 is 0.984 bits per heavy atom. The van der Waals surface area contributed by atoms with Gasteiger partial charge in [0, 0.05) is 46.5 Å². The lowest BCUT2D eigenvalue weighted by Crippen LogP contribution is -2.54. The van der Waals surface area contributed by atoms with Crippen molar-refractivity contribution < 1.29 is 38.2 Å². The van der Waals surface area contributed by atoms with E-state index in [-0.39, 0.29) is 108 Å². The van der Waals surface area contributed by atoms with Gasteiger partial charge < -0.3 is 36.1 Å². The lowest BCUT2D eigenvalue weighted by atomic mass is 9.74. The number of carbonyl (C=O) groups is 6. The molecule has 356 valence electrons. The monoisotopic (exact) mass is 953 g/mol. The van der Waals surface area contributed by atoms with Crippen molar-refractivity contribution in [2.24, 2.45) is 41.4 Å². The van der Waals surface area contributed by atoms with E-state index in [2.05, 4.69) is 42.5 Å². The molecule has 13 nitrogen and oxygen atoms in total. The SMILES string of the molecule is CC[C@H](C(=O)N[C@H]1CCC[C@@H]1C(=O)N[C@H]1CCCC[C@H]1[C@H](CC)C(=O)N[C@H]1CCC[C@@H]1C(=O)OCc1ccc(Br)cc1)[C@@H]1CCCC[C@@H]1NC(=O)[C@H]1CCC[C@@H]1NC(=O)OC(C)(C)C. The summed E-state index contributed by atoms with van der Waals surface area (Å²) in [6, 6.07) is 6.51. The molecular weight excluding hydrogens is 878 g/mol. The smallest absolute Gasteiger partial charge is 0.407 e. The van der Waals surface area contributed by atoms with Crippen molar-refractivity contribution in [1.29, 1.82) is 0 Å². The highest BCUT2D eigenvalue weighted by Crippen LogP contribution is 2.37. The van der Waals surface area contributed by atoms with E-state index >= 15 is 0 Å². The second kappa shape index (κ2) is 23.2. The fourth-order valence-electron chi connectivity index (χ4n) is 11.8. The number of esters is 1. The molecule has 0 aliphatic heterocycles. The number of rotatable bonds is 16. The highest BCUT2D eigenvalue weighted by Gasteiger charge is 2.44. The number of ether oxygens (including phenoxy) is 2. The first-order valence-electron chi connectivity index (χ1n) is 24.8. The van der Waals surface area contributed by atoms with Crippen LogP contribution in [0.2, 0.25) is 0 Å². The van der Waals surface area contributed by atoms with Gasteiger partial charge in [0.2, 0.25) is 23.6 Å². The molecule has 0 saturated heterocycles. The Bertz CT molecular complexity index is 1770. The zero-order valence-corrected chi connectivity index (χ0v) is 40.6. The first-order chi connectivity index (χ1) is 30.6. The summed E-state index contributed by atoms with van der Waals surface area (Å²) in [5.41, 5.74) is 0.275. The van der Waals surface area contributed by atoms with Gasteiger partial charge in [0.05, 0.1) is 17.8 Å². The molecule has 5 amide bonds. The highest BCUT2D eigenvalue weighted by molar-refractivity contribution is 9.10. The zero-order chi connectivity index (χ0) is 46.0. The number of hydrogen-bond donors (Lipinski definition) is 5. The Morgan fingerprint density at radius 3 is 1.45 bits per heavy atom. The number of alkyl carbamates (subject to hydrolysis) is 1. The van der Waals surface area contributed by atoms with Crippen molar-refractivity contribution in [1.82, 2.24) is 26.6 Å². The second-order valence-corrected chi connectivity index (χ2v) is 21.4. The normalized spacial score (nSPS) is 30.3. The van der Waals surface area contributed by atoms with Crippen LogP contribution in [0.5, 0.6) is 0 Å². The second-order valence-electron chi connectivity index (χ2n) is 20.5. The molecule has 0 unspecified atom stereocenters. The maximum Gasteiger partial charge on any atom is 0.407 e. The van der Waals surface area contributed by atoms with Gasteiger partial charge >= 0.3 is 12.1 Å². The van der Waals surface area contributed by atoms with Crippen LogP contribution in [-0.4, -0.2) is 71.5 Å². The standard InChI is InChI=1S/C50H76BrN5O8/c1-6-32(34-15-8-11-21-40(34)53-47(60)37-18-13-23-42(37)56-49(62)64-50(3,4)5)44(57)54-41-22-12-17-36(41)46(59)52-39-20-10-9-16-35(39)33(7-2)45(58)55-43-24-14-19-38(43)48(61)63-29-30-25-27-31(51)28-26-30/h25-28,32-43H,6-24,29H2,1-5H3,(H,52,59)(H,53,60)(H,54,57)(H,55,58)(H,56,62)/t32-,33-,34-,35-,36-,37-,38-,39-,40-,41-,42-,43-/m0/s1. The maximum absolute atomic E-state index is 14.2. The lowest BCUT2D eigenvalue weighted by Gasteiger charge is -2.39. The van der Waals surface area contributed by atoms with Crippen LogP contribution in [0, 0.1) is 41.4 Å². The molecule has 1 aromatic rings. The van der Waals surface area contributed by atoms with Crippen LogP contribution in [0.25, 0.3) is 0 Å². The molecule has 6 rings (SSSR count). The Morgan fingerprint density at radius 1 is 0.562 bits per heavy atom. The molecule has 64 heavy (non-hydrogen) atoms. The van der Waals surface area contributed by atoms with Gasteiger partial charge in [-0.05, 0) is 127 Å². The maximum atomic E-state index is 14.2. The quantitative estimate of drug-likeness (QED) is 0.103. The summed E-state index contributed by atoms with van der Waals surface area (Å²) in [6.45, 7) is 9.70. The van der Waals surface area contributed by atoms with Gasteiger partial charge in [-0.15, -0.1) is 0 Å². The minimum atomic E-state index is -0.632. The van der Waals surface area contributed by atoms with E-state index in [0.29, 0.717) is 38.5 Å². The predicted molar refractivity (Wildman–Crippen MR) is 248 cm³/mol. The van der Waals surface area contributed by atoms with Crippen LogP contribution in [0.4, 0.5) is 4.79 Å². The Labute approximate surface area is 389 Å². The summed E-state index contributed by atoms with van der Waals surface area (Å²) in [5.74, 6) is -2.29. The summed E-state index contributed by atoms with van der Waals surface area (Å²) < 4.78 is 12.1. The Kier molecular flexibility index (Phi) is 18.0. The van der Waals surface area contributed by atoms with Crippen LogP contribution in [0.15, 0.2) is 28.7 Å². The van der Waals surface area contributed by atoms with Crippen LogP contribution < -0.4 is 26.6 Å². The fraction of sp³-hybridized carbons (Fsp3) is 0.760. The van der Waals surface area contributed by atoms with Gasteiger partial charge in [0.15, 0.2) is 0 Å². The first kappa shape index (κ1) is 49.7. The van der Waals surface area contributed by atoms with Gasteiger partial charge in [-0.1, -0.05) is 86.9 Å². The van der Waals surface area contributed by atoms with Gasteiger partial charge in [0.25, 0.3) is 0 Å². The summed E-state index contributed by atoms with van der Waals surface area (Å²) >= 11 is 3.44. The van der Waals surface area contributed by atoms with E-state index in [9.17, 15) is 28.8 Å². The van der Waals surface area contributed by atoms with E-state index in [1.54, 1.807) is 0 Å². The minimum absolute atomic E-state index is 0.0301. The van der Waals surface area contributed by atoms with E-state index in [1.165, 1.54) is 0 Å². The lowest BCUT2D eigenvalue weighted by molar-refractivity contribution is -0.150. The molecule has 0 bridgehead atoms. The minimum Gasteiger partial charge on any atom is -0.461 e. The van der Waals surface area contributed by atoms with Crippen LogP contribution in [0.3, 0.4) is 0 Å². The molecule has 5 N–H and O–H groups in total. The summed E-state index contributed by atoms with van der Waals surface area (Å²) in [5, 5.41) is 16.3. The third kappa shape index (κ3) is 13.2. The molecule has 5 saturated carbocycles. The van der Waals surface area contributed by atoms with Crippen molar-refractivity contribution in [2.45, 2.75) is 199 Å². The molecule has 14 heteroatoms. The summed E-state index contributed by atoms with van der Waals surface area (Å²) in [4.78, 5) is 82.1. The van der Waals surface area contributed by atoms with Gasteiger partial charge in [-0.2, -0.15) is 0 Å². The summed E-state index contributed by atoms with van der Waals surface area (Å²) in [6.07, 6.45) is 14.7. The molecule has 5 aliphatic carbocycles. The average Bonchev–Trinajstić information content (AvgIpc) is 4.04. The third-order valence-electron chi connectivity index (χ3n) is 15.1. The molecule has 0 heterocycles. The largest absolute Gasteiger partial charge is 0.461 e. The number of halogens is 1. The number of benzene rings is 1. The molecule has 5 aliphatic rings. The van der Waals surface area contributed by atoms with E-state index in [0.717, 1.165) is 93.5 Å². The zero-order valence-electron chi connectivity index (χ0n) is 39.0. The third-order valence-corrected chi connectivity index (χ3v) is 15.6. The van der Waals surface area contributed by atoms with Gasteiger partial charge in [-0.25, -0.2) is 4.79 Å². The van der Waals surface area contributed by atoms with Crippen molar-refractivity contribution >= 4 is 51.6 Å². The molecular formula is C50H76BrN5O8. The topological polar surface area (TPSA) is 181 Å². The average molecular weight is 955 g/mol. The van der Waals surface area contributed by atoms with Crippen LogP contribution in [-0.2, 0) is 40.1 Å². The van der Waals surface area contributed by atoms with Crippen molar-refractivity contribution in [3.63, 3.8) is 0 Å². The molecule has 0 spiro atoms. The highest BCUT2D eigenvalue weighted by atomic mass is 79.9. The van der Waals surface area contributed by atoms with Crippen LogP contribution >= 0.6 is 15.9 Å². The molecule has 5 fully saturated rings. The van der Waals surface area contributed by atoms with E-state index < -0.39 is 11.7 Å². The van der Waals surface area contributed by atoms with Crippen molar-refractivity contribution in [3.05, 3.63) is 34.3 Å². The molecule has 0 radical (unpaired) electrons. The molecule has 0 aromatic heterocycles. The van der Waals surface area contributed by atoms with E-state index in [1.807, 2.05) is 58.9 Å². The predicted octanol–water partition coefficient (Wildman–Crippen LogP) is 8.16. The Hall–Kier alpha value is -3.68. The van der Waals surface area contributed by atoms with Crippen molar-refractivity contribution in [2.75, 3.05) is 0 Å². The van der Waals surface area contributed by atoms with E-state index in [4.69, 9.17) is 9.47 Å². The number of hydrogen-bond acceptors (Lipinski definition) is 8. The van der Waals surface area contributed by atoms with Gasteiger partial charge in [0.1, 0.15) is 12.2 Å². The number of nitrogens with one attached hydrogen (secondary N) is 5.